The average Bonchev–Trinajstić information content (AvgIpc) is 2.64. The molecular weight excluding hydrogens is 348 g/mol. The molecule has 0 saturated carbocycles. The van der Waals surface area contributed by atoms with E-state index in [1.807, 2.05) is 6.92 Å². The lowest BCUT2D eigenvalue weighted by Crippen LogP contribution is -2.32. The van der Waals surface area contributed by atoms with Crippen molar-refractivity contribution in [3.05, 3.63) is 12.4 Å². The lowest BCUT2D eigenvalue weighted by Gasteiger charge is -2.29. The summed E-state index contributed by atoms with van der Waals surface area (Å²) in [7, 11) is 6.52. The van der Waals surface area contributed by atoms with E-state index in [-0.39, 0.29) is 0 Å². The minimum Gasteiger partial charge on any atom is -0.481 e. The Bertz CT molecular complexity index is 423. The fourth-order valence-corrected chi connectivity index (χ4v) is 3.15. The van der Waals surface area contributed by atoms with E-state index in [1.165, 1.54) is 25.8 Å². The van der Waals surface area contributed by atoms with Gasteiger partial charge in [-0.1, -0.05) is 40.2 Å². The second-order valence-electron chi connectivity index (χ2n) is 8.22. The molecule has 0 fully saturated rings. The molecule has 0 aliphatic rings. The van der Waals surface area contributed by atoms with E-state index < -0.39 is 0 Å². The van der Waals surface area contributed by atoms with Crippen molar-refractivity contribution in [2.75, 3.05) is 60.5 Å². The van der Waals surface area contributed by atoms with Crippen molar-refractivity contribution in [3.63, 3.8) is 0 Å². The quantitative estimate of drug-likeness (QED) is 0.202. The molecule has 0 radical (unpaired) electrons. The molecule has 0 rings (SSSR count). The molecule has 0 aromatic heterocycles. The van der Waals surface area contributed by atoms with E-state index >= 15 is 0 Å². The van der Waals surface area contributed by atoms with E-state index in [2.05, 4.69) is 68.2 Å². The Morgan fingerprint density at radius 2 is 1.68 bits per heavy atom. The number of nitrogens with zero attached hydrogens (tertiary/aromatic N) is 4. The number of ether oxygens (including phenoxy) is 1. The standard InChI is InChI=1S/C23H48N4O/c1-9-12-19-28-22(5)24-21(4)27(15-10-2)20-23(11-3)14-18-26(8)17-13-16-25(6)7/h23H,4,9-20H2,1-3,5-8H3/b24-22+. The highest BCUT2D eigenvalue weighted by Crippen LogP contribution is 2.16. The van der Waals surface area contributed by atoms with Gasteiger partial charge in [-0.3, -0.25) is 0 Å². The first-order valence-electron chi connectivity index (χ1n) is 11.3. The van der Waals surface area contributed by atoms with Crippen LogP contribution < -0.4 is 0 Å². The summed E-state index contributed by atoms with van der Waals surface area (Å²) in [5.74, 6) is 2.23. The van der Waals surface area contributed by atoms with Crippen molar-refractivity contribution in [2.24, 2.45) is 10.9 Å². The van der Waals surface area contributed by atoms with Crippen LogP contribution in [-0.2, 0) is 4.74 Å². The van der Waals surface area contributed by atoms with E-state index in [1.54, 1.807) is 0 Å². The number of unbranched alkanes of at least 4 members (excludes halogenated alkanes) is 1. The van der Waals surface area contributed by atoms with E-state index in [0.29, 0.717) is 5.92 Å². The van der Waals surface area contributed by atoms with Gasteiger partial charge in [0, 0.05) is 20.0 Å². The van der Waals surface area contributed by atoms with Crippen molar-refractivity contribution < 1.29 is 4.74 Å². The summed E-state index contributed by atoms with van der Waals surface area (Å²) in [5.41, 5.74) is 0. The molecule has 0 aliphatic carbocycles. The number of rotatable bonds is 17. The predicted octanol–water partition coefficient (Wildman–Crippen LogP) is 4.70. The molecule has 0 heterocycles. The summed E-state index contributed by atoms with van der Waals surface area (Å²) in [6, 6.07) is 0. The van der Waals surface area contributed by atoms with Gasteiger partial charge < -0.3 is 19.4 Å². The second kappa shape index (κ2) is 16.8. The third-order valence-corrected chi connectivity index (χ3v) is 5.07. The van der Waals surface area contributed by atoms with Crippen molar-refractivity contribution in [1.82, 2.24) is 14.7 Å². The van der Waals surface area contributed by atoms with Gasteiger partial charge in [0.15, 0.2) is 5.90 Å². The topological polar surface area (TPSA) is 31.3 Å². The predicted molar refractivity (Wildman–Crippen MR) is 124 cm³/mol. The highest BCUT2D eigenvalue weighted by Gasteiger charge is 2.15. The lowest BCUT2D eigenvalue weighted by atomic mass is 10.0. The SMILES string of the molecule is C=C(/N=C(\C)OCCCC)N(CCC)CC(CC)CCN(C)CCCN(C)C. The molecule has 0 saturated heterocycles. The van der Waals surface area contributed by atoms with Crippen LogP contribution in [0, 0.1) is 5.92 Å². The van der Waals surface area contributed by atoms with Crippen LogP contribution in [0.1, 0.15) is 66.2 Å². The summed E-state index contributed by atoms with van der Waals surface area (Å²) >= 11 is 0. The van der Waals surface area contributed by atoms with Gasteiger partial charge in [0.05, 0.1) is 6.61 Å². The maximum atomic E-state index is 5.70. The van der Waals surface area contributed by atoms with Gasteiger partial charge in [-0.25, -0.2) is 4.99 Å². The summed E-state index contributed by atoms with van der Waals surface area (Å²) in [6.07, 6.45) is 6.94. The fraction of sp³-hybridized carbons (Fsp3) is 0.870. The van der Waals surface area contributed by atoms with Gasteiger partial charge in [-0.15, -0.1) is 0 Å². The summed E-state index contributed by atoms with van der Waals surface area (Å²) < 4.78 is 5.70. The second-order valence-corrected chi connectivity index (χ2v) is 8.22. The summed E-state index contributed by atoms with van der Waals surface area (Å²) in [4.78, 5) is 11.7. The molecule has 5 nitrogen and oxygen atoms in total. The lowest BCUT2D eigenvalue weighted by molar-refractivity contribution is 0.232. The number of hydrogen-bond acceptors (Lipinski definition) is 5. The molecule has 166 valence electrons. The normalized spacial score (nSPS) is 13.2. The van der Waals surface area contributed by atoms with Crippen molar-refractivity contribution in [2.45, 2.75) is 66.2 Å². The van der Waals surface area contributed by atoms with Gasteiger partial charge in [0.25, 0.3) is 0 Å². The van der Waals surface area contributed by atoms with Crippen LogP contribution in [0.25, 0.3) is 0 Å². The molecule has 1 atom stereocenters. The van der Waals surface area contributed by atoms with Crippen LogP contribution in [0.4, 0.5) is 0 Å². The Hall–Kier alpha value is -1.07. The Kier molecular flexibility index (Phi) is 16.2. The summed E-state index contributed by atoms with van der Waals surface area (Å²) in [5, 5.41) is 0. The molecule has 0 spiro atoms. The zero-order valence-corrected chi connectivity index (χ0v) is 20.0. The molecule has 0 aromatic carbocycles. The largest absolute Gasteiger partial charge is 0.481 e. The Balaban J connectivity index is 4.55. The van der Waals surface area contributed by atoms with E-state index in [0.717, 1.165) is 63.8 Å². The maximum absolute atomic E-state index is 5.70. The zero-order valence-electron chi connectivity index (χ0n) is 20.0. The molecule has 0 bridgehead atoms. The van der Waals surface area contributed by atoms with Crippen LogP contribution in [0.5, 0.6) is 0 Å². The third-order valence-electron chi connectivity index (χ3n) is 5.07. The van der Waals surface area contributed by atoms with Gasteiger partial charge in [-0.05, 0) is 72.4 Å². The first-order chi connectivity index (χ1) is 13.3. The molecule has 0 aromatic rings. The Labute approximate surface area is 175 Å². The molecule has 0 N–H and O–H groups in total. The van der Waals surface area contributed by atoms with Gasteiger partial charge in [-0.2, -0.15) is 0 Å². The van der Waals surface area contributed by atoms with Crippen LogP contribution >= 0.6 is 0 Å². The van der Waals surface area contributed by atoms with Crippen LogP contribution in [0.3, 0.4) is 0 Å². The zero-order chi connectivity index (χ0) is 21.4. The third kappa shape index (κ3) is 14.0. The monoisotopic (exact) mass is 396 g/mol. The van der Waals surface area contributed by atoms with Gasteiger partial charge in [0.2, 0.25) is 0 Å². The number of hydrogen-bond donors (Lipinski definition) is 0. The summed E-state index contributed by atoms with van der Waals surface area (Å²) in [6.45, 7) is 19.1. The van der Waals surface area contributed by atoms with Crippen molar-refractivity contribution in [1.29, 1.82) is 0 Å². The fourth-order valence-electron chi connectivity index (χ4n) is 3.15. The smallest absolute Gasteiger partial charge is 0.186 e. The minimum atomic E-state index is 0.663. The molecule has 1 unspecified atom stereocenters. The average molecular weight is 397 g/mol. The number of aliphatic imine (C=N–C) groups is 1. The molecule has 28 heavy (non-hydrogen) atoms. The highest BCUT2D eigenvalue weighted by atomic mass is 16.5. The molecule has 0 aliphatic heterocycles. The van der Waals surface area contributed by atoms with Crippen LogP contribution in [0.15, 0.2) is 17.4 Å². The van der Waals surface area contributed by atoms with Crippen molar-refractivity contribution >= 4 is 5.90 Å². The van der Waals surface area contributed by atoms with Crippen LogP contribution in [0.2, 0.25) is 0 Å². The molecule has 0 amide bonds. The molecule has 5 heteroatoms. The first kappa shape index (κ1) is 26.9. The van der Waals surface area contributed by atoms with Crippen molar-refractivity contribution in [3.8, 4) is 0 Å². The van der Waals surface area contributed by atoms with Gasteiger partial charge >= 0.3 is 0 Å². The molecular formula is C23H48N4O. The Morgan fingerprint density at radius 3 is 2.25 bits per heavy atom. The van der Waals surface area contributed by atoms with Gasteiger partial charge in [0.1, 0.15) is 5.82 Å². The Morgan fingerprint density at radius 1 is 0.964 bits per heavy atom. The maximum Gasteiger partial charge on any atom is 0.186 e. The van der Waals surface area contributed by atoms with Crippen LogP contribution in [-0.4, -0.2) is 81.1 Å². The van der Waals surface area contributed by atoms with E-state index in [4.69, 9.17) is 4.74 Å². The van der Waals surface area contributed by atoms with E-state index in [9.17, 15) is 0 Å². The minimum absolute atomic E-state index is 0.663. The first-order valence-corrected chi connectivity index (χ1v) is 11.3. The highest BCUT2D eigenvalue weighted by molar-refractivity contribution is 5.74.